The molecule has 0 saturated carbocycles. The van der Waals surface area contributed by atoms with E-state index in [9.17, 15) is 4.79 Å². The molecule has 1 fully saturated rings. The van der Waals surface area contributed by atoms with Gasteiger partial charge in [0.15, 0.2) is 0 Å². The quantitative estimate of drug-likeness (QED) is 0.785. The molecule has 20 heavy (non-hydrogen) atoms. The SMILES string of the molecule is CC.CC.Cc1cccc(C(=O)N2CCN(C)CC2)c1. The number of rotatable bonds is 1. The molecular formula is C17H30N2O. The number of likely N-dealkylation sites (N-methyl/N-ethyl adjacent to an activating group) is 1. The van der Waals surface area contributed by atoms with E-state index in [4.69, 9.17) is 0 Å². The van der Waals surface area contributed by atoms with Crippen LogP contribution in [0.3, 0.4) is 0 Å². The summed E-state index contributed by atoms with van der Waals surface area (Å²) in [5.74, 6) is 0.164. The first kappa shape index (κ1) is 18.7. The van der Waals surface area contributed by atoms with Gasteiger partial charge in [-0.15, -0.1) is 0 Å². The van der Waals surface area contributed by atoms with Crippen LogP contribution in [0.25, 0.3) is 0 Å². The van der Waals surface area contributed by atoms with Crippen LogP contribution < -0.4 is 0 Å². The Labute approximate surface area is 124 Å². The first-order chi connectivity index (χ1) is 9.66. The van der Waals surface area contributed by atoms with Crippen molar-refractivity contribution >= 4 is 5.91 Å². The first-order valence-electron chi connectivity index (χ1n) is 7.71. The van der Waals surface area contributed by atoms with E-state index < -0.39 is 0 Å². The van der Waals surface area contributed by atoms with E-state index in [1.807, 2.05) is 63.8 Å². The minimum Gasteiger partial charge on any atom is -0.336 e. The van der Waals surface area contributed by atoms with Crippen molar-refractivity contribution in [1.82, 2.24) is 9.80 Å². The lowest BCUT2D eigenvalue weighted by Gasteiger charge is -2.32. The lowest BCUT2D eigenvalue weighted by atomic mass is 10.1. The predicted octanol–water partition coefficient (Wildman–Crippen LogP) is 3.44. The smallest absolute Gasteiger partial charge is 0.253 e. The van der Waals surface area contributed by atoms with E-state index in [-0.39, 0.29) is 5.91 Å². The van der Waals surface area contributed by atoms with Crippen LogP contribution in [0.4, 0.5) is 0 Å². The number of piperazine rings is 1. The van der Waals surface area contributed by atoms with Crippen molar-refractivity contribution < 1.29 is 4.79 Å². The maximum Gasteiger partial charge on any atom is 0.253 e. The highest BCUT2D eigenvalue weighted by Crippen LogP contribution is 2.09. The molecule has 1 aromatic rings. The molecule has 0 N–H and O–H groups in total. The Morgan fingerprint density at radius 3 is 2.05 bits per heavy atom. The number of aryl methyl sites for hydroxylation is 1. The number of hydrogen-bond donors (Lipinski definition) is 0. The average Bonchev–Trinajstić information content (AvgIpc) is 2.51. The van der Waals surface area contributed by atoms with Crippen LogP contribution in [0.1, 0.15) is 43.6 Å². The molecule has 1 aliphatic heterocycles. The van der Waals surface area contributed by atoms with Crippen molar-refractivity contribution in [2.75, 3.05) is 33.2 Å². The molecule has 2 rings (SSSR count). The van der Waals surface area contributed by atoms with Crippen molar-refractivity contribution in [3.63, 3.8) is 0 Å². The Hall–Kier alpha value is -1.35. The van der Waals surface area contributed by atoms with Crippen LogP contribution in [0, 0.1) is 6.92 Å². The molecule has 114 valence electrons. The van der Waals surface area contributed by atoms with Gasteiger partial charge in [0, 0.05) is 31.7 Å². The second-order valence-electron chi connectivity index (χ2n) is 4.46. The van der Waals surface area contributed by atoms with Crippen LogP contribution in [-0.4, -0.2) is 48.9 Å². The van der Waals surface area contributed by atoms with Gasteiger partial charge < -0.3 is 9.80 Å². The Kier molecular flexibility index (Phi) is 9.73. The van der Waals surface area contributed by atoms with Crippen LogP contribution in [0.5, 0.6) is 0 Å². The van der Waals surface area contributed by atoms with Crippen molar-refractivity contribution in [3.05, 3.63) is 35.4 Å². The second kappa shape index (κ2) is 10.4. The van der Waals surface area contributed by atoms with Crippen molar-refractivity contribution in [1.29, 1.82) is 0 Å². The fourth-order valence-electron chi connectivity index (χ4n) is 1.97. The van der Waals surface area contributed by atoms with Gasteiger partial charge in [0.2, 0.25) is 0 Å². The van der Waals surface area contributed by atoms with Gasteiger partial charge in [0.05, 0.1) is 0 Å². The van der Waals surface area contributed by atoms with Gasteiger partial charge in [0.1, 0.15) is 0 Å². The molecule has 1 saturated heterocycles. The highest BCUT2D eigenvalue weighted by atomic mass is 16.2. The van der Waals surface area contributed by atoms with E-state index in [0.29, 0.717) is 0 Å². The zero-order valence-corrected chi connectivity index (χ0v) is 13.9. The van der Waals surface area contributed by atoms with E-state index in [2.05, 4.69) is 11.9 Å². The average molecular weight is 278 g/mol. The second-order valence-corrected chi connectivity index (χ2v) is 4.46. The van der Waals surface area contributed by atoms with Gasteiger partial charge in [-0.2, -0.15) is 0 Å². The summed E-state index contributed by atoms with van der Waals surface area (Å²) >= 11 is 0. The first-order valence-corrected chi connectivity index (χ1v) is 7.71. The topological polar surface area (TPSA) is 23.6 Å². The zero-order valence-electron chi connectivity index (χ0n) is 13.9. The molecule has 1 aliphatic rings. The van der Waals surface area contributed by atoms with Crippen molar-refractivity contribution in [2.24, 2.45) is 0 Å². The van der Waals surface area contributed by atoms with Gasteiger partial charge in [0.25, 0.3) is 5.91 Å². The lowest BCUT2D eigenvalue weighted by Crippen LogP contribution is -2.47. The van der Waals surface area contributed by atoms with Gasteiger partial charge >= 0.3 is 0 Å². The molecule has 0 atom stereocenters. The summed E-state index contributed by atoms with van der Waals surface area (Å²) in [5.41, 5.74) is 1.95. The molecule has 1 heterocycles. The maximum atomic E-state index is 12.2. The van der Waals surface area contributed by atoms with Crippen LogP contribution in [0.15, 0.2) is 24.3 Å². The third-order valence-corrected chi connectivity index (χ3v) is 3.06. The molecule has 0 aromatic heterocycles. The summed E-state index contributed by atoms with van der Waals surface area (Å²) in [6, 6.07) is 7.81. The molecule has 0 spiro atoms. The molecule has 0 unspecified atom stereocenters. The summed E-state index contributed by atoms with van der Waals surface area (Å²) in [4.78, 5) is 16.4. The van der Waals surface area contributed by atoms with Gasteiger partial charge in [-0.1, -0.05) is 45.4 Å². The highest BCUT2D eigenvalue weighted by Gasteiger charge is 2.19. The summed E-state index contributed by atoms with van der Waals surface area (Å²) in [7, 11) is 2.09. The Morgan fingerprint density at radius 2 is 1.55 bits per heavy atom. The van der Waals surface area contributed by atoms with Crippen LogP contribution in [-0.2, 0) is 0 Å². The molecule has 0 radical (unpaired) electrons. The summed E-state index contributed by atoms with van der Waals surface area (Å²) in [6.07, 6.45) is 0. The largest absolute Gasteiger partial charge is 0.336 e. The van der Waals surface area contributed by atoms with Crippen molar-refractivity contribution in [3.8, 4) is 0 Å². The molecule has 3 heteroatoms. The molecule has 1 aromatic carbocycles. The van der Waals surface area contributed by atoms with Gasteiger partial charge in [-0.25, -0.2) is 0 Å². The van der Waals surface area contributed by atoms with E-state index in [0.717, 1.165) is 37.3 Å². The molecule has 1 amide bonds. The van der Waals surface area contributed by atoms with E-state index in [1.165, 1.54) is 0 Å². The van der Waals surface area contributed by atoms with E-state index >= 15 is 0 Å². The molecular weight excluding hydrogens is 248 g/mol. The predicted molar refractivity (Wildman–Crippen MR) is 87.3 cm³/mol. The third-order valence-electron chi connectivity index (χ3n) is 3.06. The fourth-order valence-corrected chi connectivity index (χ4v) is 1.97. The third kappa shape index (κ3) is 5.74. The van der Waals surface area contributed by atoms with E-state index in [1.54, 1.807) is 0 Å². The number of benzene rings is 1. The Balaban J connectivity index is 0.000000829. The highest BCUT2D eigenvalue weighted by molar-refractivity contribution is 5.94. The van der Waals surface area contributed by atoms with Crippen LogP contribution >= 0.6 is 0 Å². The minimum absolute atomic E-state index is 0.164. The lowest BCUT2D eigenvalue weighted by molar-refractivity contribution is 0.0664. The minimum atomic E-state index is 0.164. The van der Waals surface area contributed by atoms with Gasteiger partial charge in [-0.05, 0) is 26.1 Å². The van der Waals surface area contributed by atoms with Crippen LogP contribution in [0.2, 0.25) is 0 Å². The monoisotopic (exact) mass is 278 g/mol. The Bertz CT molecular complexity index is 382. The zero-order chi connectivity index (χ0) is 15.5. The summed E-state index contributed by atoms with van der Waals surface area (Å²) in [6.45, 7) is 13.6. The summed E-state index contributed by atoms with van der Waals surface area (Å²) < 4.78 is 0. The normalized spacial score (nSPS) is 14.6. The number of nitrogens with zero attached hydrogens (tertiary/aromatic N) is 2. The molecule has 3 nitrogen and oxygen atoms in total. The molecule has 0 bridgehead atoms. The summed E-state index contributed by atoms with van der Waals surface area (Å²) in [5, 5.41) is 0. The Morgan fingerprint density at radius 1 is 1.00 bits per heavy atom. The number of carbonyl (C=O) groups excluding carboxylic acids is 1. The van der Waals surface area contributed by atoms with Crippen molar-refractivity contribution in [2.45, 2.75) is 34.6 Å². The number of carbonyl (C=O) groups is 1. The number of amides is 1. The van der Waals surface area contributed by atoms with Gasteiger partial charge in [-0.3, -0.25) is 4.79 Å². The standard InChI is InChI=1S/C13H18N2O.2C2H6/c1-11-4-3-5-12(10-11)13(16)15-8-6-14(2)7-9-15;2*1-2/h3-5,10H,6-9H2,1-2H3;2*1-2H3. The number of hydrogen-bond acceptors (Lipinski definition) is 2. The molecule has 0 aliphatic carbocycles. The maximum absolute atomic E-state index is 12.2. The fraction of sp³-hybridized carbons (Fsp3) is 0.588.